The van der Waals surface area contributed by atoms with Gasteiger partial charge in [-0.3, -0.25) is 19.3 Å². The minimum atomic E-state index is -0.901. The van der Waals surface area contributed by atoms with Crippen molar-refractivity contribution in [3.63, 3.8) is 0 Å². The highest BCUT2D eigenvalue weighted by Gasteiger charge is 2.51. The molecule has 1 fully saturated rings. The third-order valence-corrected chi connectivity index (χ3v) is 5.88. The number of methoxy groups -OCH3 is 2. The number of hydrogen-bond acceptors (Lipinski definition) is 5. The molecule has 0 saturated carbocycles. The smallest absolute Gasteiger partial charge is 0.247 e. The lowest BCUT2D eigenvalue weighted by molar-refractivity contribution is -0.147. The zero-order valence-corrected chi connectivity index (χ0v) is 18.4. The number of nitrogens with one attached hydrogen (secondary N) is 1. The maximum Gasteiger partial charge on any atom is 0.247 e. The summed E-state index contributed by atoms with van der Waals surface area (Å²) in [5.74, 6) is -0.909. The molecular weight excluding hydrogens is 408 g/mol. The van der Waals surface area contributed by atoms with Gasteiger partial charge in [-0.15, -0.1) is 0 Å². The Morgan fingerprint density at radius 1 is 1.10 bits per heavy atom. The van der Waals surface area contributed by atoms with Crippen LogP contribution in [0.25, 0.3) is 0 Å². The molecule has 1 aromatic rings. The quantitative estimate of drug-likeness (QED) is 0.523. The van der Waals surface area contributed by atoms with Gasteiger partial charge >= 0.3 is 0 Å². The van der Waals surface area contributed by atoms with Gasteiger partial charge in [-0.1, -0.05) is 37.6 Å². The van der Waals surface area contributed by atoms with E-state index >= 15 is 0 Å². The first-order chi connectivity index (χ1) is 14.3. The highest BCUT2D eigenvalue weighted by atomic mass is 35.5. The molecule has 30 heavy (non-hydrogen) atoms. The number of carbonyl (C=O) groups excluding carboxylic acids is 3. The average Bonchev–Trinajstić information content (AvgIpc) is 2.97. The predicted molar refractivity (Wildman–Crippen MR) is 114 cm³/mol. The van der Waals surface area contributed by atoms with Crippen LogP contribution in [0, 0.1) is 17.8 Å². The third kappa shape index (κ3) is 4.17. The van der Waals surface area contributed by atoms with Crippen molar-refractivity contribution in [2.24, 2.45) is 17.8 Å². The number of hydrogen-bond donors (Lipinski definition) is 1. The number of fused-ring (bicyclic) bond motifs is 1. The number of benzene rings is 1. The molecule has 3 atom stereocenters. The monoisotopic (exact) mass is 434 g/mol. The number of amides is 3. The molecule has 1 aliphatic heterocycles. The number of likely N-dealkylation sites (tertiary alicyclic amines) is 1. The van der Waals surface area contributed by atoms with Gasteiger partial charge in [0.15, 0.2) is 0 Å². The predicted octanol–water partition coefficient (Wildman–Crippen LogP) is 3.66. The molecular formula is C22H27ClN2O5. The molecule has 2 aliphatic rings. The molecule has 0 unspecified atom stereocenters. The molecule has 0 radical (unpaired) electrons. The number of nitrogens with zero attached hydrogens (tertiary/aromatic N) is 1. The second kappa shape index (κ2) is 9.08. The summed E-state index contributed by atoms with van der Waals surface area (Å²) in [5.41, 5.74) is 0.357. The first-order valence-corrected chi connectivity index (χ1v) is 10.4. The minimum Gasteiger partial charge on any atom is -0.495 e. The van der Waals surface area contributed by atoms with Gasteiger partial charge in [-0.05, 0) is 25.2 Å². The number of imide groups is 1. The van der Waals surface area contributed by atoms with Crippen LogP contribution in [0.2, 0.25) is 5.02 Å². The van der Waals surface area contributed by atoms with Crippen LogP contribution >= 0.6 is 11.6 Å². The molecule has 3 rings (SSSR count). The van der Waals surface area contributed by atoms with Crippen LogP contribution in [0.1, 0.15) is 33.1 Å². The summed E-state index contributed by atoms with van der Waals surface area (Å²) in [4.78, 5) is 40.5. The van der Waals surface area contributed by atoms with Gasteiger partial charge in [-0.2, -0.15) is 0 Å². The molecule has 0 bridgehead atoms. The number of anilines is 1. The Morgan fingerprint density at radius 3 is 2.17 bits per heavy atom. The van der Waals surface area contributed by atoms with Crippen molar-refractivity contribution in [2.75, 3.05) is 19.5 Å². The molecule has 1 heterocycles. The lowest BCUT2D eigenvalue weighted by Gasteiger charge is -2.27. The average molecular weight is 435 g/mol. The van der Waals surface area contributed by atoms with Crippen molar-refractivity contribution in [3.8, 4) is 11.5 Å². The van der Waals surface area contributed by atoms with Crippen LogP contribution < -0.4 is 14.8 Å². The van der Waals surface area contributed by atoms with E-state index in [4.69, 9.17) is 21.1 Å². The molecule has 1 N–H and O–H groups in total. The summed E-state index contributed by atoms with van der Waals surface area (Å²) in [5, 5.41) is 3.14. The summed E-state index contributed by atoms with van der Waals surface area (Å²) in [6.07, 6.45) is 5.29. The number of allylic oxidation sites excluding steroid dienone is 2. The van der Waals surface area contributed by atoms with Gasteiger partial charge < -0.3 is 14.8 Å². The van der Waals surface area contributed by atoms with Crippen molar-refractivity contribution < 1.29 is 23.9 Å². The zero-order chi connectivity index (χ0) is 22.0. The standard InChI is InChI=1S/C22H27ClN2O5/c1-12(2)9-17(25-21(27)13-7-5-6-8-14(13)22(25)28)20(26)24-16-11-18(29-3)15(23)10-19(16)30-4/h5-6,10-14,17H,7-9H2,1-4H3,(H,24,26)/t13-,14-,17-/m0/s1. The fourth-order valence-corrected chi connectivity index (χ4v) is 4.31. The minimum absolute atomic E-state index is 0.101. The van der Waals surface area contributed by atoms with E-state index in [2.05, 4.69) is 5.32 Å². The molecule has 1 saturated heterocycles. The second-order valence-corrected chi connectivity index (χ2v) is 8.43. The van der Waals surface area contributed by atoms with Crippen LogP contribution in [0.3, 0.4) is 0 Å². The molecule has 0 spiro atoms. The molecule has 162 valence electrons. The number of carbonyl (C=O) groups is 3. The Hall–Kier alpha value is -2.54. The topological polar surface area (TPSA) is 84.9 Å². The van der Waals surface area contributed by atoms with Crippen molar-refractivity contribution in [3.05, 3.63) is 29.3 Å². The molecule has 8 heteroatoms. The van der Waals surface area contributed by atoms with E-state index in [1.807, 2.05) is 26.0 Å². The first kappa shape index (κ1) is 22.2. The first-order valence-electron chi connectivity index (χ1n) is 10.0. The van der Waals surface area contributed by atoms with E-state index in [0.717, 1.165) is 0 Å². The van der Waals surface area contributed by atoms with E-state index < -0.39 is 11.9 Å². The van der Waals surface area contributed by atoms with Gasteiger partial charge in [0.1, 0.15) is 17.5 Å². The molecule has 3 amide bonds. The van der Waals surface area contributed by atoms with Crippen LogP contribution in [0.5, 0.6) is 11.5 Å². The van der Waals surface area contributed by atoms with Crippen molar-refractivity contribution >= 4 is 35.0 Å². The Bertz CT molecular complexity index is 857. The molecule has 7 nitrogen and oxygen atoms in total. The van der Waals surface area contributed by atoms with Gasteiger partial charge in [0.25, 0.3) is 0 Å². The van der Waals surface area contributed by atoms with Gasteiger partial charge in [-0.25, -0.2) is 0 Å². The second-order valence-electron chi connectivity index (χ2n) is 8.02. The maximum atomic E-state index is 13.3. The van der Waals surface area contributed by atoms with E-state index in [9.17, 15) is 14.4 Å². The van der Waals surface area contributed by atoms with E-state index in [1.165, 1.54) is 19.1 Å². The summed E-state index contributed by atoms with van der Waals surface area (Å²) in [7, 11) is 2.93. The van der Waals surface area contributed by atoms with Crippen molar-refractivity contribution in [1.82, 2.24) is 4.90 Å². The highest BCUT2D eigenvalue weighted by molar-refractivity contribution is 6.32. The zero-order valence-electron chi connectivity index (χ0n) is 17.6. The summed E-state index contributed by atoms with van der Waals surface area (Å²) >= 11 is 6.14. The van der Waals surface area contributed by atoms with Crippen LogP contribution in [0.4, 0.5) is 5.69 Å². The normalized spacial score (nSPS) is 21.6. The maximum absolute atomic E-state index is 13.3. The lowest BCUT2D eigenvalue weighted by Crippen LogP contribution is -2.48. The Labute approximate surface area is 181 Å². The van der Waals surface area contributed by atoms with Crippen molar-refractivity contribution in [1.29, 1.82) is 0 Å². The SMILES string of the molecule is COc1cc(NC(=O)[C@H](CC(C)C)N2C(=O)[C@H]3CC=CC[C@@H]3C2=O)c(OC)cc1Cl. The number of ether oxygens (including phenoxy) is 2. The summed E-state index contributed by atoms with van der Waals surface area (Å²) in [6.45, 7) is 3.90. The van der Waals surface area contributed by atoms with Gasteiger partial charge in [0.05, 0.1) is 36.8 Å². The van der Waals surface area contributed by atoms with Crippen LogP contribution in [-0.2, 0) is 14.4 Å². The van der Waals surface area contributed by atoms with E-state index in [1.54, 1.807) is 12.1 Å². The number of rotatable bonds is 7. The highest BCUT2D eigenvalue weighted by Crippen LogP contribution is 2.39. The summed E-state index contributed by atoms with van der Waals surface area (Å²) < 4.78 is 10.5. The largest absolute Gasteiger partial charge is 0.495 e. The fraction of sp³-hybridized carbons (Fsp3) is 0.500. The Morgan fingerprint density at radius 2 is 1.67 bits per heavy atom. The van der Waals surface area contributed by atoms with Crippen molar-refractivity contribution in [2.45, 2.75) is 39.2 Å². The fourth-order valence-electron chi connectivity index (χ4n) is 4.08. The van der Waals surface area contributed by atoms with Crippen LogP contribution in [-0.4, -0.2) is 42.9 Å². The summed E-state index contributed by atoms with van der Waals surface area (Å²) in [6, 6.07) is 2.20. The van der Waals surface area contributed by atoms with Gasteiger partial charge in [0, 0.05) is 12.1 Å². The Kier molecular flexibility index (Phi) is 6.71. The Balaban J connectivity index is 1.91. The number of halogens is 1. The molecule has 1 aromatic carbocycles. The molecule has 1 aliphatic carbocycles. The van der Waals surface area contributed by atoms with Gasteiger partial charge in [0.2, 0.25) is 17.7 Å². The lowest BCUT2D eigenvalue weighted by atomic mass is 9.85. The molecule has 0 aromatic heterocycles. The third-order valence-electron chi connectivity index (χ3n) is 5.58. The van der Waals surface area contributed by atoms with E-state index in [0.29, 0.717) is 41.5 Å². The van der Waals surface area contributed by atoms with E-state index in [-0.39, 0.29) is 29.6 Å². The van der Waals surface area contributed by atoms with Crippen LogP contribution in [0.15, 0.2) is 24.3 Å².